The van der Waals surface area contributed by atoms with Crippen molar-refractivity contribution in [1.29, 1.82) is 0 Å². The average Bonchev–Trinajstić information content (AvgIpc) is 2.69. The molecule has 1 aliphatic heterocycles. The van der Waals surface area contributed by atoms with Gasteiger partial charge in [0.1, 0.15) is 0 Å². The van der Waals surface area contributed by atoms with Crippen molar-refractivity contribution in [3.63, 3.8) is 0 Å². The monoisotopic (exact) mass is 377 g/mol. The Morgan fingerprint density at radius 1 is 0.889 bits per heavy atom. The van der Waals surface area contributed by atoms with E-state index in [1.165, 1.54) is 5.56 Å². The molecule has 3 aromatic rings. The highest BCUT2D eigenvalue weighted by atomic mass is 32.2. The first-order chi connectivity index (χ1) is 13.0. The lowest BCUT2D eigenvalue weighted by Gasteiger charge is -2.40. The molecule has 0 saturated carbocycles. The molecule has 0 fully saturated rings. The molecule has 0 spiro atoms. The van der Waals surface area contributed by atoms with Crippen LogP contribution in [0.4, 0.5) is 5.69 Å². The summed E-state index contributed by atoms with van der Waals surface area (Å²) in [4.78, 5) is 0.335. The second-order valence-corrected chi connectivity index (χ2v) is 9.04. The van der Waals surface area contributed by atoms with Gasteiger partial charge in [0.2, 0.25) is 0 Å². The molecule has 0 amide bonds. The van der Waals surface area contributed by atoms with Gasteiger partial charge in [-0.05, 0) is 49.6 Å². The lowest BCUT2D eigenvalue weighted by molar-refractivity contribution is 0.543. The van der Waals surface area contributed by atoms with Gasteiger partial charge in [0.05, 0.1) is 10.6 Å². The van der Waals surface area contributed by atoms with E-state index >= 15 is 0 Å². The number of nitrogens with zero attached hydrogens (tertiary/aromatic N) is 1. The minimum atomic E-state index is -3.61. The topological polar surface area (TPSA) is 37.4 Å². The fourth-order valence-electron chi connectivity index (χ4n) is 4.03. The Kier molecular flexibility index (Phi) is 4.52. The largest absolute Gasteiger partial charge is 0.264 e. The Hall–Kier alpha value is -2.59. The second kappa shape index (κ2) is 6.86. The molecule has 27 heavy (non-hydrogen) atoms. The number of anilines is 1. The summed E-state index contributed by atoms with van der Waals surface area (Å²) in [5.41, 5.74) is 4.24. The Morgan fingerprint density at radius 2 is 1.52 bits per heavy atom. The smallest absolute Gasteiger partial charge is 0.263 e. The van der Waals surface area contributed by atoms with Gasteiger partial charge >= 0.3 is 0 Å². The van der Waals surface area contributed by atoms with Crippen molar-refractivity contribution in [2.24, 2.45) is 0 Å². The van der Waals surface area contributed by atoms with Gasteiger partial charge in [0.25, 0.3) is 10.0 Å². The maximum atomic E-state index is 13.4. The molecule has 0 aromatic heterocycles. The van der Waals surface area contributed by atoms with Gasteiger partial charge in [0.15, 0.2) is 0 Å². The van der Waals surface area contributed by atoms with Crippen LogP contribution in [0.25, 0.3) is 0 Å². The molecule has 2 atom stereocenters. The summed E-state index contributed by atoms with van der Waals surface area (Å²) in [6.45, 7) is 4.05. The minimum Gasteiger partial charge on any atom is -0.263 e. The van der Waals surface area contributed by atoms with Gasteiger partial charge in [-0.3, -0.25) is 4.31 Å². The molecule has 1 heterocycles. The van der Waals surface area contributed by atoms with Crippen LogP contribution in [0.2, 0.25) is 0 Å². The zero-order valence-corrected chi connectivity index (χ0v) is 16.4. The second-order valence-electron chi connectivity index (χ2n) is 7.22. The van der Waals surface area contributed by atoms with Crippen LogP contribution in [0, 0.1) is 6.92 Å². The third-order valence-electron chi connectivity index (χ3n) is 5.27. The van der Waals surface area contributed by atoms with Crippen LogP contribution in [0.5, 0.6) is 0 Å². The van der Waals surface area contributed by atoms with Crippen LogP contribution in [0.15, 0.2) is 83.8 Å². The van der Waals surface area contributed by atoms with Crippen molar-refractivity contribution < 1.29 is 8.42 Å². The molecular weight excluding hydrogens is 354 g/mol. The SMILES string of the molecule is Cc1ccc2c(c1)[C@H](c1ccccc1)C[C@@H](C)N2S(=O)(=O)c1ccccc1. The zero-order chi connectivity index (χ0) is 19.0. The molecule has 3 aromatic carbocycles. The molecule has 138 valence electrons. The van der Waals surface area contributed by atoms with E-state index in [1.54, 1.807) is 28.6 Å². The summed E-state index contributed by atoms with van der Waals surface area (Å²) >= 11 is 0. The third-order valence-corrected chi connectivity index (χ3v) is 7.22. The number of fused-ring (bicyclic) bond motifs is 1. The summed E-state index contributed by atoms with van der Waals surface area (Å²) in [6, 6.07) is 25.0. The molecule has 0 unspecified atom stereocenters. The quantitative estimate of drug-likeness (QED) is 0.636. The average molecular weight is 378 g/mol. The summed E-state index contributed by atoms with van der Waals surface area (Å²) in [7, 11) is -3.61. The summed E-state index contributed by atoms with van der Waals surface area (Å²) in [5, 5.41) is 0. The fourth-order valence-corrected chi connectivity index (χ4v) is 5.74. The van der Waals surface area contributed by atoms with Crippen LogP contribution < -0.4 is 4.31 Å². The Labute approximate surface area is 161 Å². The fraction of sp³-hybridized carbons (Fsp3) is 0.217. The van der Waals surface area contributed by atoms with E-state index in [1.807, 2.05) is 43.3 Å². The van der Waals surface area contributed by atoms with Crippen molar-refractivity contribution in [3.05, 3.63) is 95.6 Å². The Bertz CT molecular complexity index is 1050. The van der Waals surface area contributed by atoms with Gasteiger partial charge in [-0.1, -0.05) is 66.2 Å². The highest BCUT2D eigenvalue weighted by Crippen LogP contribution is 2.44. The van der Waals surface area contributed by atoms with E-state index in [0.29, 0.717) is 4.90 Å². The predicted molar refractivity (Wildman–Crippen MR) is 110 cm³/mol. The number of rotatable bonds is 3. The highest BCUT2D eigenvalue weighted by Gasteiger charge is 2.38. The number of benzene rings is 3. The number of hydrogen-bond acceptors (Lipinski definition) is 2. The maximum Gasteiger partial charge on any atom is 0.264 e. The normalized spacial score (nSPS) is 19.6. The standard InChI is InChI=1S/C23H23NO2S/c1-17-13-14-23-22(15-17)21(19-9-5-3-6-10-19)16-18(2)24(23)27(25,26)20-11-7-4-8-12-20/h3-15,18,21H,16H2,1-2H3/t18-,21+/m1/s1. The number of sulfonamides is 1. The highest BCUT2D eigenvalue weighted by molar-refractivity contribution is 7.92. The van der Waals surface area contributed by atoms with Crippen LogP contribution in [0.3, 0.4) is 0 Å². The molecule has 1 aliphatic rings. The number of hydrogen-bond donors (Lipinski definition) is 0. The van der Waals surface area contributed by atoms with Gasteiger partial charge in [-0.25, -0.2) is 8.42 Å². The van der Waals surface area contributed by atoms with Crippen molar-refractivity contribution in [3.8, 4) is 0 Å². The molecule has 4 heteroatoms. The molecule has 0 bridgehead atoms. The van der Waals surface area contributed by atoms with E-state index in [4.69, 9.17) is 0 Å². The van der Waals surface area contributed by atoms with Crippen molar-refractivity contribution >= 4 is 15.7 Å². The molecule has 3 nitrogen and oxygen atoms in total. The summed E-state index contributed by atoms with van der Waals surface area (Å²) < 4.78 is 28.4. The molecule has 0 N–H and O–H groups in total. The van der Waals surface area contributed by atoms with Crippen LogP contribution >= 0.6 is 0 Å². The van der Waals surface area contributed by atoms with Crippen LogP contribution in [-0.2, 0) is 10.0 Å². The third kappa shape index (κ3) is 3.15. The molecule has 4 rings (SSSR count). The van der Waals surface area contributed by atoms with Crippen molar-refractivity contribution in [2.75, 3.05) is 4.31 Å². The van der Waals surface area contributed by atoms with E-state index < -0.39 is 10.0 Å². The maximum absolute atomic E-state index is 13.4. The molecular formula is C23H23NO2S. The van der Waals surface area contributed by atoms with Gasteiger partial charge in [-0.2, -0.15) is 0 Å². The predicted octanol–water partition coefficient (Wildman–Crippen LogP) is 5.11. The first-order valence-electron chi connectivity index (χ1n) is 9.23. The van der Waals surface area contributed by atoms with Crippen molar-refractivity contribution in [1.82, 2.24) is 0 Å². The number of aryl methyl sites for hydroxylation is 1. The molecule has 0 radical (unpaired) electrons. The van der Waals surface area contributed by atoms with E-state index in [9.17, 15) is 8.42 Å². The molecule has 0 aliphatic carbocycles. The van der Waals surface area contributed by atoms with E-state index in [-0.39, 0.29) is 12.0 Å². The summed E-state index contributed by atoms with van der Waals surface area (Å²) in [5.74, 6) is 0.193. The van der Waals surface area contributed by atoms with E-state index in [0.717, 1.165) is 23.2 Å². The lowest BCUT2D eigenvalue weighted by Crippen LogP contribution is -2.43. The van der Waals surface area contributed by atoms with Gasteiger partial charge in [0, 0.05) is 12.0 Å². The first-order valence-corrected chi connectivity index (χ1v) is 10.7. The van der Waals surface area contributed by atoms with E-state index in [2.05, 4.69) is 25.1 Å². The van der Waals surface area contributed by atoms with Crippen molar-refractivity contribution in [2.45, 2.75) is 37.1 Å². The minimum absolute atomic E-state index is 0.129. The molecule has 0 saturated heterocycles. The van der Waals surface area contributed by atoms with Crippen LogP contribution in [-0.4, -0.2) is 14.5 Å². The van der Waals surface area contributed by atoms with Crippen LogP contribution in [0.1, 0.15) is 36.0 Å². The van der Waals surface area contributed by atoms with Gasteiger partial charge < -0.3 is 0 Å². The zero-order valence-electron chi connectivity index (χ0n) is 15.5. The van der Waals surface area contributed by atoms with Gasteiger partial charge in [-0.15, -0.1) is 0 Å². The Balaban J connectivity index is 1.88. The lowest BCUT2D eigenvalue weighted by atomic mass is 9.82. The first kappa shape index (κ1) is 17.8. The Morgan fingerprint density at radius 3 is 2.19 bits per heavy atom. The summed E-state index contributed by atoms with van der Waals surface area (Å²) in [6.07, 6.45) is 0.756.